The highest BCUT2D eigenvalue weighted by molar-refractivity contribution is 7.98. The number of hydrogen-bond donors (Lipinski definition) is 0. The molecule has 0 saturated heterocycles. The normalized spacial score (nSPS) is 11.8. The molecule has 0 saturated carbocycles. The summed E-state index contributed by atoms with van der Waals surface area (Å²) in [7, 11) is -2.57. The van der Waals surface area contributed by atoms with Crippen molar-refractivity contribution in [1.29, 1.82) is 0 Å². The van der Waals surface area contributed by atoms with Crippen molar-refractivity contribution >= 4 is 20.6 Å². The lowest BCUT2D eigenvalue weighted by Gasteiger charge is -2.28. The Bertz CT molecular complexity index is 610. The van der Waals surface area contributed by atoms with E-state index in [1.54, 1.807) is 11.8 Å². The smallest absolute Gasteiger partial charge is 0.374 e. The fourth-order valence-electron chi connectivity index (χ4n) is 2.65. The van der Waals surface area contributed by atoms with Crippen molar-refractivity contribution in [1.82, 2.24) is 15.0 Å². The third kappa shape index (κ3) is 6.84. The van der Waals surface area contributed by atoms with E-state index in [9.17, 15) is 0 Å². The van der Waals surface area contributed by atoms with E-state index in [1.807, 2.05) is 49.8 Å². The van der Waals surface area contributed by atoms with Crippen LogP contribution in [0.15, 0.2) is 41.4 Å². The summed E-state index contributed by atoms with van der Waals surface area (Å²) in [5.74, 6) is 0.819. The second-order valence-electron chi connectivity index (χ2n) is 5.66. The van der Waals surface area contributed by atoms with Crippen molar-refractivity contribution in [3.8, 4) is 0 Å². The van der Waals surface area contributed by atoms with Crippen LogP contribution in [0.1, 0.15) is 32.9 Å². The van der Waals surface area contributed by atoms with Gasteiger partial charge in [0.05, 0.1) is 5.69 Å². The highest BCUT2D eigenvalue weighted by Crippen LogP contribution is 2.21. The maximum Gasteiger partial charge on any atom is 0.500 e. The van der Waals surface area contributed by atoms with Crippen molar-refractivity contribution in [2.45, 2.75) is 50.4 Å². The molecule has 0 N–H and O–H groups in total. The molecule has 0 fully saturated rings. The molecule has 1 aromatic carbocycles. The first-order valence-electron chi connectivity index (χ1n) is 9.20. The molecule has 1 heterocycles. The van der Waals surface area contributed by atoms with E-state index in [0.29, 0.717) is 19.8 Å². The number of aryl methyl sites for hydroxylation is 1. The van der Waals surface area contributed by atoms with Gasteiger partial charge >= 0.3 is 8.80 Å². The zero-order chi connectivity index (χ0) is 18.7. The van der Waals surface area contributed by atoms with Crippen LogP contribution in [-0.4, -0.2) is 43.6 Å². The standard InChI is InChI=1S/C18H29N3O3SSi/c1-4-22-26(23-5-2,24-6-3)14-10-13-21-15-17(19-20-21)16-25-18-11-8-7-9-12-18/h7-9,11-12,15H,4-6,10,13-14,16H2,1-3H3. The summed E-state index contributed by atoms with van der Waals surface area (Å²) in [6.45, 7) is 8.55. The Hall–Kier alpha value is -1.19. The van der Waals surface area contributed by atoms with E-state index in [1.165, 1.54) is 4.90 Å². The maximum absolute atomic E-state index is 5.89. The molecule has 2 aromatic rings. The lowest BCUT2D eigenvalue weighted by Crippen LogP contribution is -2.46. The Labute approximate surface area is 161 Å². The van der Waals surface area contributed by atoms with Crippen LogP contribution in [0, 0.1) is 0 Å². The van der Waals surface area contributed by atoms with Gasteiger partial charge < -0.3 is 13.3 Å². The van der Waals surface area contributed by atoms with E-state index < -0.39 is 8.80 Å². The van der Waals surface area contributed by atoms with E-state index in [-0.39, 0.29) is 0 Å². The molecule has 0 amide bonds. The highest BCUT2D eigenvalue weighted by atomic mass is 32.2. The number of thioether (sulfide) groups is 1. The quantitative estimate of drug-likeness (QED) is 0.377. The summed E-state index contributed by atoms with van der Waals surface area (Å²) in [4.78, 5) is 1.24. The predicted octanol–water partition coefficient (Wildman–Crippen LogP) is 4.01. The molecule has 0 unspecified atom stereocenters. The minimum absolute atomic E-state index is 0.608. The number of nitrogens with zero attached hydrogens (tertiary/aromatic N) is 3. The molecular weight excluding hydrogens is 366 g/mol. The molecule has 0 aliphatic heterocycles. The molecule has 2 rings (SSSR count). The van der Waals surface area contributed by atoms with E-state index in [4.69, 9.17) is 13.3 Å². The van der Waals surface area contributed by atoms with Crippen LogP contribution in [0.4, 0.5) is 0 Å². The fraction of sp³-hybridized carbons (Fsp3) is 0.556. The van der Waals surface area contributed by atoms with Gasteiger partial charge in [-0.15, -0.1) is 16.9 Å². The second kappa shape index (κ2) is 11.5. The average Bonchev–Trinajstić information content (AvgIpc) is 3.09. The molecule has 0 atom stereocenters. The summed E-state index contributed by atoms with van der Waals surface area (Å²) >= 11 is 1.77. The summed E-state index contributed by atoms with van der Waals surface area (Å²) in [6, 6.07) is 11.1. The van der Waals surface area contributed by atoms with Crippen LogP contribution in [0.3, 0.4) is 0 Å². The number of benzene rings is 1. The monoisotopic (exact) mass is 395 g/mol. The summed E-state index contributed by atoms with van der Waals surface area (Å²) in [6.07, 6.45) is 2.90. The minimum atomic E-state index is -2.57. The van der Waals surface area contributed by atoms with E-state index in [2.05, 4.69) is 22.4 Å². The van der Waals surface area contributed by atoms with Crippen molar-refractivity contribution < 1.29 is 13.3 Å². The van der Waals surface area contributed by atoms with Gasteiger partial charge in [0.2, 0.25) is 0 Å². The van der Waals surface area contributed by atoms with Gasteiger partial charge in [-0.25, -0.2) is 0 Å². The van der Waals surface area contributed by atoms with Crippen molar-refractivity contribution in [3.63, 3.8) is 0 Å². The van der Waals surface area contributed by atoms with Crippen LogP contribution < -0.4 is 0 Å². The Balaban J connectivity index is 1.82. The van der Waals surface area contributed by atoms with Gasteiger partial charge in [-0.2, -0.15) is 0 Å². The summed E-state index contributed by atoms with van der Waals surface area (Å²) in [5.41, 5.74) is 0.988. The van der Waals surface area contributed by atoms with Crippen LogP contribution in [0.5, 0.6) is 0 Å². The first kappa shape index (κ1) is 21.1. The number of rotatable bonds is 13. The van der Waals surface area contributed by atoms with Crippen LogP contribution in [0.2, 0.25) is 6.04 Å². The van der Waals surface area contributed by atoms with Crippen LogP contribution in [0.25, 0.3) is 0 Å². The molecular formula is C18H29N3O3SSi. The SMILES string of the molecule is CCO[Si](CCCn1cc(CSc2ccccc2)nn1)(OCC)OCC. The van der Waals surface area contributed by atoms with Crippen molar-refractivity contribution in [2.24, 2.45) is 0 Å². The molecule has 0 radical (unpaired) electrons. The Morgan fingerprint density at radius 1 is 1.00 bits per heavy atom. The first-order chi connectivity index (χ1) is 12.7. The second-order valence-corrected chi connectivity index (χ2v) is 9.44. The Morgan fingerprint density at radius 2 is 1.65 bits per heavy atom. The third-order valence-electron chi connectivity index (χ3n) is 3.68. The number of aromatic nitrogens is 3. The Kier molecular flexibility index (Phi) is 9.34. The molecule has 144 valence electrons. The molecule has 1 aromatic heterocycles. The highest BCUT2D eigenvalue weighted by Gasteiger charge is 2.39. The molecule has 0 aliphatic rings. The molecule has 8 heteroatoms. The van der Waals surface area contributed by atoms with Gasteiger partial charge in [0.15, 0.2) is 0 Å². The zero-order valence-electron chi connectivity index (χ0n) is 15.9. The minimum Gasteiger partial charge on any atom is -0.374 e. The van der Waals surface area contributed by atoms with E-state index >= 15 is 0 Å². The van der Waals surface area contributed by atoms with Crippen LogP contribution >= 0.6 is 11.8 Å². The maximum atomic E-state index is 5.89. The zero-order valence-corrected chi connectivity index (χ0v) is 17.7. The number of hydrogen-bond acceptors (Lipinski definition) is 6. The molecule has 0 spiro atoms. The third-order valence-corrected chi connectivity index (χ3v) is 7.88. The lowest BCUT2D eigenvalue weighted by molar-refractivity contribution is 0.0704. The summed E-state index contributed by atoms with van der Waals surface area (Å²) < 4.78 is 19.6. The predicted molar refractivity (Wildman–Crippen MR) is 106 cm³/mol. The van der Waals surface area contributed by atoms with E-state index in [0.717, 1.165) is 30.5 Å². The van der Waals surface area contributed by atoms with Gasteiger partial charge in [-0.05, 0) is 39.3 Å². The average molecular weight is 396 g/mol. The summed E-state index contributed by atoms with van der Waals surface area (Å²) in [5, 5.41) is 8.50. The van der Waals surface area contributed by atoms with Gasteiger partial charge in [0.1, 0.15) is 0 Å². The van der Waals surface area contributed by atoms with Gasteiger partial charge in [-0.1, -0.05) is 23.4 Å². The van der Waals surface area contributed by atoms with Gasteiger partial charge in [0, 0.05) is 49.3 Å². The molecule has 6 nitrogen and oxygen atoms in total. The molecule has 26 heavy (non-hydrogen) atoms. The fourth-order valence-corrected chi connectivity index (χ4v) is 6.04. The largest absolute Gasteiger partial charge is 0.500 e. The molecule has 0 aliphatic carbocycles. The molecule has 0 bridgehead atoms. The van der Waals surface area contributed by atoms with Crippen molar-refractivity contribution in [3.05, 3.63) is 42.2 Å². The Morgan fingerprint density at radius 3 is 2.27 bits per heavy atom. The van der Waals surface area contributed by atoms with Crippen LogP contribution in [-0.2, 0) is 25.6 Å². The lowest BCUT2D eigenvalue weighted by atomic mass is 10.4. The topological polar surface area (TPSA) is 58.4 Å². The van der Waals surface area contributed by atoms with Gasteiger partial charge in [-0.3, -0.25) is 4.68 Å². The van der Waals surface area contributed by atoms with Crippen molar-refractivity contribution in [2.75, 3.05) is 19.8 Å². The van der Waals surface area contributed by atoms with Gasteiger partial charge in [0.25, 0.3) is 0 Å². The first-order valence-corrected chi connectivity index (χ1v) is 12.1.